The average Bonchev–Trinajstić information content (AvgIpc) is 2.69. The number of rotatable bonds is 6. The van der Waals surface area contributed by atoms with E-state index in [1.54, 1.807) is 0 Å². The summed E-state index contributed by atoms with van der Waals surface area (Å²) in [5.74, 6) is 0. The van der Waals surface area contributed by atoms with Crippen LogP contribution in [0.2, 0.25) is 0 Å². The molecule has 0 heterocycles. The predicted octanol–water partition coefficient (Wildman–Crippen LogP) is 5.98. The molecule has 0 aliphatic carbocycles. The second-order valence-electron chi connectivity index (χ2n) is 5.90. The smallest absolute Gasteiger partial charge is 0.246 e. The predicted molar refractivity (Wildman–Crippen MR) is 107 cm³/mol. The number of benzene rings is 3. The topological polar surface area (TPSA) is 9.23 Å². The Balaban J connectivity index is 0.000000212. The lowest BCUT2D eigenvalue weighted by atomic mass is 9.96. The molecule has 127 valence electrons. The average molecular weight is 346 g/mol. The fraction of sp³-hybridized carbons (Fsp3) is 0.217. The van der Waals surface area contributed by atoms with Gasteiger partial charge in [0.1, 0.15) is 0 Å². The maximum atomic E-state index is 4.73. The molecule has 3 radical (unpaired) electrons. The van der Waals surface area contributed by atoms with Gasteiger partial charge < -0.3 is 4.43 Å². The lowest BCUT2D eigenvalue weighted by Gasteiger charge is -2.08. The second-order valence-corrected chi connectivity index (χ2v) is 6.19. The van der Waals surface area contributed by atoms with E-state index in [0.717, 1.165) is 0 Å². The maximum absolute atomic E-state index is 4.73. The van der Waals surface area contributed by atoms with Crippen LogP contribution in [0, 0.1) is 0 Å². The van der Waals surface area contributed by atoms with Gasteiger partial charge in [0.25, 0.3) is 0 Å². The zero-order valence-electron chi connectivity index (χ0n) is 14.8. The molecular weight excluding hydrogens is 320 g/mol. The third kappa shape index (κ3) is 6.69. The van der Waals surface area contributed by atoms with Gasteiger partial charge in [-0.3, -0.25) is 0 Å². The summed E-state index contributed by atoms with van der Waals surface area (Å²) in [6.07, 6.45) is 3.70. The largest absolute Gasteiger partial charge is 0.414 e. The summed E-state index contributed by atoms with van der Waals surface area (Å²) in [5, 5.41) is 0. The fourth-order valence-corrected chi connectivity index (χ4v) is 2.83. The molecule has 0 aliphatic rings. The molecule has 0 amide bonds. The summed E-state index contributed by atoms with van der Waals surface area (Å²) in [7, 11) is 2.93. The molecule has 3 aromatic carbocycles. The summed E-state index contributed by atoms with van der Waals surface area (Å²) < 4.78 is 4.73. The summed E-state index contributed by atoms with van der Waals surface area (Å²) in [6.45, 7) is 2.86. The van der Waals surface area contributed by atoms with Crippen molar-refractivity contribution in [3.63, 3.8) is 0 Å². The number of aryl methyl sites for hydroxylation is 1. The molecule has 0 saturated heterocycles. The highest BCUT2D eigenvalue weighted by atomic mass is 28.2. The van der Waals surface area contributed by atoms with Crippen molar-refractivity contribution in [1.82, 2.24) is 0 Å². The molecule has 0 saturated carbocycles. The molecule has 1 nitrogen and oxygen atoms in total. The molecule has 2 heteroatoms. The van der Waals surface area contributed by atoms with Gasteiger partial charge in [-0.2, -0.15) is 0 Å². The van der Waals surface area contributed by atoms with Crippen molar-refractivity contribution in [3.05, 3.63) is 96.1 Å². The van der Waals surface area contributed by atoms with Crippen LogP contribution in [0.1, 0.15) is 30.9 Å². The summed E-state index contributed by atoms with van der Waals surface area (Å²) in [6, 6.07) is 29.4. The molecular formula is C23H25OSi. The van der Waals surface area contributed by atoms with Crippen LogP contribution in [0.15, 0.2) is 84.9 Å². The molecule has 0 aliphatic heterocycles. The van der Waals surface area contributed by atoms with Gasteiger partial charge in [0.2, 0.25) is 10.5 Å². The first kappa shape index (κ1) is 19.2. The standard InChI is InChI=1S/C16H18.C7H7OSi/c1-2-3-9-14-12-7-8-13-16(14)15-10-5-4-6-11-15;9-8-6-7-4-2-1-3-5-7/h4-8,10-13H,2-3,9H2,1H3;1-5H,6H2. The van der Waals surface area contributed by atoms with E-state index in [1.165, 1.54) is 41.5 Å². The Kier molecular flexibility index (Phi) is 8.74. The molecule has 0 aromatic heterocycles. The summed E-state index contributed by atoms with van der Waals surface area (Å²) >= 11 is 0. The van der Waals surface area contributed by atoms with Crippen LogP contribution < -0.4 is 0 Å². The quantitative estimate of drug-likeness (QED) is 0.499. The van der Waals surface area contributed by atoms with E-state index in [1.807, 2.05) is 30.3 Å². The van der Waals surface area contributed by atoms with E-state index >= 15 is 0 Å². The van der Waals surface area contributed by atoms with Crippen LogP contribution in [0.5, 0.6) is 0 Å². The number of unbranched alkanes of at least 4 members (excludes halogenated alkanes) is 1. The minimum atomic E-state index is 0.623. The molecule has 0 spiro atoms. The Morgan fingerprint density at radius 3 is 2.00 bits per heavy atom. The van der Waals surface area contributed by atoms with Gasteiger partial charge >= 0.3 is 0 Å². The lowest BCUT2D eigenvalue weighted by molar-refractivity contribution is 0.338. The Bertz CT molecular complexity index is 710. The van der Waals surface area contributed by atoms with E-state index in [9.17, 15) is 0 Å². The Morgan fingerprint density at radius 1 is 0.760 bits per heavy atom. The van der Waals surface area contributed by atoms with E-state index < -0.39 is 0 Å². The van der Waals surface area contributed by atoms with Gasteiger partial charge in [-0.25, -0.2) is 0 Å². The first-order chi connectivity index (χ1) is 12.3. The van der Waals surface area contributed by atoms with Gasteiger partial charge in [-0.1, -0.05) is 98.3 Å². The highest BCUT2D eigenvalue weighted by Gasteiger charge is 2.02. The molecule has 0 unspecified atom stereocenters. The van der Waals surface area contributed by atoms with Crippen LogP contribution in [0.25, 0.3) is 11.1 Å². The Hall–Kier alpha value is -2.16. The zero-order valence-corrected chi connectivity index (χ0v) is 15.8. The van der Waals surface area contributed by atoms with Crippen molar-refractivity contribution in [2.45, 2.75) is 32.8 Å². The van der Waals surface area contributed by atoms with Crippen molar-refractivity contribution < 1.29 is 4.43 Å². The minimum absolute atomic E-state index is 0.623. The van der Waals surface area contributed by atoms with E-state index in [-0.39, 0.29) is 0 Å². The fourth-order valence-electron chi connectivity index (χ4n) is 2.66. The first-order valence-electron chi connectivity index (χ1n) is 8.81. The highest BCUT2D eigenvalue weighted by Crippen LogP contribution is 2.24. The third-order valence-corrected chi connectivity index (χ3v) is 4.13. The van der Waals surface area contributed by atoms with Gasteiger partial charge in [0.15, 0.2) is 0 Å². The van der Waals surface area contributed by atoms with E-state index in [0.29, 0.717) is 6.61 Å². The Labute approximate surface area is 155 Å². The van der Waals surface area contributed by atoms with Crippen LogP contribution in [0.3, 0.4) is 0 Å². The van der Waals surface area contributed by atoms with Gasteiger partial charge in [-0.15, -0.1) is 0 Å². The molecule has 3 rings (SSSR count). The van der Waals surface area contributed by atoms with Crippen molar-refractivity contribution in [3.8, 4) is 11.1 Å². The third-order valence-electron chi connectivity index (χ3n) is 3.98. The molecule has 0 N–H and O–H groups in total. The first-order valence-corrected chi connectivity index (χ1v) is 9.21. The maximum Gasteiger partial charge on any atom is 0.246 e. The minimum Gasteiger partial charge on any atom is -0.414 e. The number of hydrogen-bond donors (Lipinski definition) is 0. The second kappa shape index (κ2) is 11.4. The van der Waals surface area contributed by atoms with Gasteiger partial charge in [-0.05, 0) is 35.1 Å². The van der Waals surface area contributed by atoms with Crippen molar-refractivity contribution in [2.24, 2.45) is 0 Å². The molecule has 3 aromatic rings. The molecule has 25 heavy (non-hydrogen) atoms. The normalized spacial score (nSPS) is 10.0. The lowest BCUT2D eigenvalue weighted by Crippen LogP contribution is -1.89. The highest BCUT2D eigenvalue weighted by molar-refractivity contribution is 5.97. The SMILES string of the molecule is CCCCc1ccccc1-c1ccccc1.[Si]OCc1ccccc1. The van der Waals surface area contributed by atoms with Crippen molar-refractivity contribution in [1.29, 1.82) is 0 Å². The molecule has 0 atom stereocenters. The van der Waals surface area contributed by atoms with Crippen LogP contribution in [-0.4, -0.2) is 10.5 Å². The van der Waals surface area contributed by atoms with Crippen molar-refractivity contribution >= 4 is 10.5 Å². The Morgan fingerprint density at radius 2 is 1.36 bits per heavy atom. The molecule has 0 bridgehead atoms. The zero-order chi connectivity index (χ0) is 17.7. The van der Waals surface area contributed by atoms with Gasteiger partial charge in [0.05, 0.1) is 6.61 Å². The molecule has 0 fully saturated rings. The van der Waals surface area contributed by atoms with Crippen LogP contribution >= 0.6 is 0 Å². The number of hydrogen-bond acceptors (Lipinski definition) is 1. The summed E-state index contributed by atoms with van der Waals surface area (Å²) in [4.78, 5) is 0. The van der Waals surface area contributed by atoms with E-state index in [4.69, 9.17) is 4.43 Å². The monoisotopic (exact) mass is 345 g/mol. The van der Waals surface area contributed by atoms with E-state index in [2.05, 4.69) is 72.0 Å². The summed E-state index contributed by atoms with van der Waals surface area (Å²) in [5.41, 5.74) is 5.36. The van der Waals surface area contributed by atoms with Crippen LogP contribution in [0.4, 0.5) is 0 Å². The van der Waals surface area contributed by atoms with Gasteiger partial charge in [0, 0.05) is 0 Å². The van der Waals surface area contributed by atoms with Crippen LogP contribution in [-0.2, 0) is 17.5 Å². The van der Waals surface area contributed by atoms with Crippen molar-refractivity contribution in [2.75, 3.05) is 0 Å².